The molecule has 0 radical (unpaired) electrons. The normalized spacial score (nSPS) is 18.8. The van der Waals surface area contributed by atoms with Gasteiger partial charge in [0, 0.05) is 24.7 Å². The van der Waals surface area contributed by atoms with Crippen LogP contribution in [0.25, 0.3) is 0 Å². The van der Waals surface area contributed by atoms with E-state index >= 15 is 0 Å². The number of nitrogens with zero attached hydrogens (tertiary/aromatic N) is 2. The first-order chi connectivity index (χ1) is 10.9. The molecule has 1 heterocycles. The molecule has 2 rings (SSSR count). The molecule has 1 N–H and O–H groups in total. The van der Waals surface area contributed by atoms with Gasteiger partial charge < -0.3 is 10.0 Å². The molecule has 1 saturated heterocycles. The summed E-state index contributed by atoms with van der Waals surface area (Å²) in [7, 11) is 1.81. The highest BCUT2D eigenvalue weighted by Crippen LogP contribution is 2.24. The Morgan fingerprint density at radius 1 is 1.26 bits per heavy atom. The fraction of sp³-hybridized carbons (Fsp3) is 0.500. The quantitative estimate of drug-likeness (QED) is 0.898. The molecule has 0 aromatic heterocycles. The lowest BCUT2D eigenvalue weighted by molar-refractivity contribution is -0.138. The molecule has 1 atom stereocenters. The predicted molar refractivity (Wildman–Crippen MR) is 90.3 cm³/mol. The smallest absolute Gasteiger partial charge is 0.317 e. The zero-order valence-corrected chi connectivity index (χ0v) is 14.5. The number of likely N-dealkylation sites (tertiary alicyclic amines) is 1. The van der Waals surface area contributed by atoms with Gasteiger partial charge in [-0.05, 0) is 44.5 Å². The zero-order valence-electron chi connectivity index (χ0n) is 13.0. The van der Waals surface area contributed by atoms with Crippen LogP contribution in [0.5, 0.6) is 0 Å². The summed E-state index contributed by atoms with van der Waals surface area (Å²) in [6, 6.07) is 5.07. The summed E-state index contributed by atoms with van der Waals surface area (Å²) in [5, 5.41) is 9.69. The van der Waals surface area contributed by atoms with Crippen molar-refractivity contribution < 1.29 is 14.7 Å². The molecule has 0 saturated carbocycles. The van der Waals surface area contributed by atoms with E-state index in [1.54, 1.807) is 23.1 Å². The van der Waals surface area contributed by atoms with Crippen LogP contribution in [-0.2, 0) is 4.79 Å². The predicted octanol–water partition coefficient (Wildman–Crippen LogP) is 3.00. The summed E-state index contributed by atoms with van der Waals surface area (Å²) in [4.78, 5) is 27.1. The number of carboxylic acids is 1. The third kappa shape index (κ3) is 4.83. The maximum atomic E-state index is 12.6. The van der Waals surface area contributed by atoms with E-state index in [1.807, 2.05) is 11.9 Å². The van der Waals surface area contributed by atoms with Gasteiger partial charge in [0.1, 0.15) is 0 Å². The van der Waals surface area contributed by atoms with Crippen LogP contribution in [0.15, 0.2) is 18.2 Å². The van der Waals surface area contributed by atoms with Gasteiger partial charge in [0.15, 0.2) is 0 Å². The third-order valence-corrected chi connectivity index (χ3v) is 4.90. The Bertz CT molecular complexity index is 595. The Balaban J connectivity index is 2.00. The largest absolute Gasteiger partial charge is 0.480 e. The van der Waals surface area contributed by atoms with Crippen LogP contribution in [-0.4, -0.2) is 59.5 Å². The summed E-state index contributed by atoms with van der Waals surface area (Å²) < 4.78 is 0. The minimum absolute atomic E-state index is 0.0193. The van der Waals surface area contributed by atoms with Crippen molar-refractivity contribution in [1.82, 2.24) is 9.80 Å². The van der Waals surface area contributed by atoms with E-state index in [0.717, 1.165) is 19.3 Å². The van der Waals surface area contributed by atoms with Crippen LogP contribution >= 0.6 is 23.2 Å². The van der Waals surface area contributed by atoms with E-state index in [1.165, 1.54) is 0 Å². The molecular formula is C16H20Cl2N2O3. The summed E-state index contributed by atoms with van der Waals surface area (Å²) in [5.74, 6) is -0.898. The minimum Gasteiger partial charge on any atom is -0.480 e. The SMILES string of the molecule is CN(CC(=O)O)C1CCCN(C(=O)c2ccc(Cl)c(Cl)c2)CC1. The van der Waals surface area contributed by atoms with Gasteiger partial charge in [-0.1, -0.05) is 23.2 Å². The summed E-state index contributed by atoms with van der Waals surface area (Å²) >= 11 is 11.9. The summed E-state index contributed by atoms with van der Waals surface area (Å²) in [5.41, 5.74) is 0.525. The van der Waals surface area contributed by atoms with E-state index in [0.29, 0.717) is 28.7 Å². The Hall–Kier alpha value is -1.30. The van der Waals surface area contributed by atoms with E-state index in [2.05, 4.69) is 0 Å². The van der Waals surface area contributed by atoms with Gasteiger partial charge in [-0.2, -0.15) is 0 Å². The highest BCUT2D eigenvalue weighted by Gasteiger charge is 2.24. The van der Waals surface area contributed by atoms with E-state index in [-0.39, 0.29) is 18.5 Å². The molecule has 0 bridgehead atoms. The van der Waals surface area contributed by atoms with E-state index in [4.69, 9.17) is 28.3 Å². The van der Waals surface area contributed by atoms with E-state index in [9.17, 15) is 9.59 Å². The molecule has 23 heavy (non-hydrogen) atoms. The molecule has 7 heteroatoms. The lowest BCUT2D eigenvalue weighted by atomic mass is 10.1. The molecule has 1 aromatic rings. The molecule has 0 aliphatic carbocycles. The number of halogens is 2. The number of benzene rings is 1. The number of likely N-dealkylation sites (N-methyl/N-ethyl adjacent to an activating group) is 1. The molecule has 1 aliphatic heterocycles. The first-order valence-electron chi connectivity index (χ1n) is 7.55. The number of carboxylic acid groups (broad SMARTS) is 1. The molecule has 0 spiro atoms. The number of hydrogen-bond donors (Lipinski definition) is 1. The average Bonchev–Trinajstić information content (AvgIpc) is 2.74. The van der Waals surface area contributed by atoms with Gasteiger partial charge in [0.2, 0.25) is 0 Å². The molecule has 1 amide bonds. The van der Waals surface area contributed by atoms with Gasteiger partial charge in [0.25, 0.3) is 5.91 Å². The van der Waals surface area contributed by atoms with Gasteiger partial charge in [-0.25, -0.2) is 0 Å². The molecule has 5 nitrogen and oxygen atoms in total. The van der Waals surface area contributed by atoms with Crippen LogP contribution in [0.1, 0.15) is 29.6 Å². The fourth-order valence-corrected chi connectivity index (χ4v) is 3.17. The molecule has 126 valence electrons. The van der Waals surface area contributed by atoms with Crippen molar-refractivity contribution in [2.24, 2.45) is 0 Å². The maximum Gasteiger partial charge on any atom is 0.317 e. The third-order valence-electron chi connectivity index (χ3n) is 4.16. The van der Waals surface area contributed by atoms with Crippen molar-refractivity contribution in [2.45, 2.75) is 25.3 Å². The zero-order chi connectivity index (χ0) is 17.0. The molecular weight excluding hydrogens is 339 g/mol. The molecule has 1 unspecified atom stereocenters. The standard InChI is InChI=1S/C16H20Cl2N2O3/c1-19(10-15(21)22)12-3-2-7-20(8-6-12)16(23)11-4-5-13(17)14(18)9-11/h4-5,9,12H,2-3,6-8,10H2,1H3,(H,21,22). The fourth-order valence-electron chi connectivity index (χ4n) is 2.88. The number of carbonyl (C=O) groups excluding carboxylic acids is 1. The second-order valence-electron chi connectivity index (χ2n) is 5.81. The highest BCUT2D eigenvalue weighted by atomic mass is 35.5. The molecule has 1 aliphatic rings. The minimum atomic E-state index is -0.833. The lowest BCUT2D eigenvalue weighted by Crippen LogP contribution is -2.37. The van der Waals surface area contributed by atoms with Crippen molar-refractivity contribution >= 4 is 35.1 Å². The Morgan fingerprint density at radius 3 is 2.65 bits per heavy atom. The van der Waals surface area contributed by atoms with Crippen molar-refractivity contribution in [3.63, 3.8) is 0 Å². The van der Waals surface area contributed by atoms with E-state index < -0.39 is 5.97 Å². The number of hydrogen-bond acceptors (Lipinski definition) is 3. The van der Waals surface area contributed by atoms with Gasteiger partial charge in [-0.3, -0.25) is 14.5 Å². The number of carbonyl (C=O) groups is 2. The van der Waals surface area contributed by atoms with Gasteiger partial charge >= 0.3 is 5.97 Å². The average molecular weight is 359 g/mol. The summed E-state index contributed by atoms with van der Waals surface area (Å²) in [6.07, 6.45) is 2.49. The monoisotopic (exact) mass is 358 g/mol. The Morgan fingerprint density at radius 2 is 2.00 bits per heavy atom. The number of amides is 1. The van der Waals surface area contributed by atoms with Gasteiger partial charge in [0.05, 0.1) is 16.6 Å². The highest BCUT2D eigenvalue weighted by molar-refractivity contribution is 6.42. The molecule has 1 fully saturated rings. The topological polar surface area (TPSA) is 60.9 Å². The van der Waals surface area contributed by atoms with Crippen LogP contribution in [0.2, 0.25) is 10.0 Å². The first kappa shape index (κ1) is 18.0. The second kappa shape index (κ2) is 7.99. The van der Waals surface area contributed by atoms with Crippen molar-refractivity contribution in [3.8, 4) is 0 Å². The maximum absolute atomic E-state index is 12.6. The Kier molecular flexibility index (Phi) is 6.27. The lowest BCUT2D eigenvalue weighted by Gasteiger charge is -2.25. The van der Waals surface area contributed by atoms with Crippen LogP contribution in [0, 0.1) is 0 Å². The van der Waals surface area contributed by atoms with Crippen LogP contribution in [0.3, 0.4) is 0 Å². The van der Waals surface area contributed by atoms with Crippen molar-refractivity contribution in [3.05, 3.63) is 33.8 Å². The van der Waals surface area contributed by atoms with Crippen LogP contribution in [0.4, 0.5) is 0 Å². The second-order valence-corrected chi connectivity index (χ2v) is 6.63. The van der Waals surface area contributed by atoms with Gasteiger partial charge in [-0.15, -0.1) is 0 Å². The summed E-state index contributed by atoms with van der Waals surface area (Å²) in [6.45, 7) is 1.29. The molecule has 1 aromatic carbocycles. The first-order valence-corrected chi connectivity index (χ1v) is 8.30. The Labute approximate surface area is 145 Å². The van der Waals surface area contributed by atoms with Crippen molar-refractivity contribution in [1.29, 1.82) is 0 Å². The number of rotatable bonds is 4. The number of aliphatic carboxylic acids is 1. The van der Waals surface area contributed by atoms with Crippen LogP contribution < -0.4 is 0 Å². The van der Waals surface area contributed by atoms with Crippen molar-refractivity contribution in [2.75, 3.05) is 26.7 Å².